The van der Waals surface area contributed by atoms with Crippen molar-refractivity contribution in [1.29, 1.82) is 0 Å². The molecule has 2 rings (SSSR count). The molecule has 0 spiro atoms. The zero-order valence-electron chi connectivity index (χ0n) is 11.7. The lowest BCUT2D eigenvalue weighted by Gasteiger charge is -2.26. The Labute approximate surface area is 129 Å². The second-order valence-corrected chi connectivity index (χ2v) is 6.22. The molecule has 0 aromatic rings. The Bertz CT molecular complexity index is 516. The van der Waals surface area contributed by atoms with Gasteiger partial charge in [-0.05, 0) is 19.8 Å². The number of carbonyl (C=O) groups is 2. The van der Waals surface area contributed by atoms with Crippen molar-refractivity contribution in [3.8, 4) is 0 Å². The Kier molecular flexibility index (Phi) is 5.04. The number of thioether (sulfide) groups is 1. The van der Waals surface area contributed by atoms with E-state index >= 15 is 0 Å². The predicted molar refractivity (Wildman–Crippen MR) is 75.5 cm³/mol. The Morgan fingerprint density at radius 2 is 2.14 bits per heavy atom. The number of nitroso groups, excluding NO2 is 1. The molecule has 10 heteroatoms. The molecule has 0 unspecified atom stereocenters. The molecular weight excluding hydrogens is 316 g/mol. The van der Waals surface area contributed by atoms with Crippen LogP contribution in [0.5, 0.6) is 0 Å². The fourth-order valence-corrected chi connectivity index (χ4v) is 4.20. The first kappa shape index (κ1) is 16.7. The third kappa shape index (κ3) is 2.94. The van der Waals surface area contributed by atoms with E-state index in [1.807, 2.05) is 0 Å². The minimum absolute atomic E-state index is 0.279. The zero-order chi connectivity index (χ0) is 16.4. The number of hydrogen-bond donors (Lipinski definition) is 3. The maximum atomic E-state index is 11.5. The first-order valence-corrected chi connectivity index (χ1v) is 7.55. The van der Waals surface area contributed by atoms with Crippen LogP contribution in [0.25, 0.3) is 0 Å². The molecule has 2 aliphatic heterocycles. The van der Waals surface area contributed by atoms with E-state index in [2.05, 4.69) is 5.29 Å². The first-order valence-electron chi connectivity index (χ1n) is 6.67. The monoisotopic (exact) mass is 332 g/mol. The van der Waals surface area contributed by atoms with Crippen LogP contribution in [0.15, 0.2) is 15.9 Å². The maximum absolute atomic E-state index is 11.5. The molecular formula is C12H16N2O7S. The molecule has 0 saturated carbocycles. The van der Waals surface area contributed by atoms with Crippen molar-refractivity contribution in [1.82, 2.24) is 5.01 Å². The molecule has 2 aliphatic rings. The first-order chi connectivity index (χ1) is 10.4. The summed E-state index contributed by atoms with van der Waals surface area (Å²) >= 11 is 0.907. The standard InChI is InChI=1S/C12H16N2O7S/c1-5(15)7(11(16)17)10-14(13-20)8(12(18)19)9(22-10)6-3-2-4-21-6/h5-7,10,15H,2-4H2,1H3,(H,16,17)(H,18,19)/t5-,6-,7-,10-/m1/s1. The van der Waals surface area contributed by atoms with Gasteiger partial charge in [-0.15, -0.1) is 4.91 Å². The largest absolute Gasteiger partial charge is 0.481 e. The fourth-order valence-electron chi connectivity index (χ4n) is 2.57. The molecule has 0 radical (unpaired) electrons. The second-order valence-electron chi connectivity index (χ2n) is 5.06. The van der Waals surface area contributed by atoms with Gasteiger partial charge in [0.2, 0.25) is 0 Å². The van der Waals surface area contributed by atoms with Gasteiger partial charge in [-0.1, -0.05) is 11.8 Å². The smallest absolute Gasteiger partial charge is 0.355 e. The van der Waals surface area contributed by atoms with Crippen molar-refractivity contribution in [3.05, 3.63) is 15.5 Å². The van der Waals surface area contributed by atoms with Crippen LogP contribution >= 0.6 is 11.8 Å². The topological polar surface area (TPSA) is 137 Å². The average Bonchev–Trinajstić information content (AvgIpc) is 3.03. The van der Waals surface area contributed by atoms with Crippen molar-refractivity contribution in [3.63, 3.8) is 0 Å². The van der Waals surface area contributed by atoms with Gasteiger partial charge >= 0.3 is 11.9 Å². The van der Waals surface area contributed by atoms with Crippen LogP contribution in [-0.2, 0) is 14.3 Å². The molecule has 0 aromatic heterocycles. The number of aliphatic hydroxyl groups is 1. The fraction of sp³-hybridized carbons (Fsp3) is 0.667. The molecule has 2 heterocycles. The van der Waals surface area contributed by atoms with Crippen molar-refractivity contribution in [2.45, 2.75) is 37.3 Å². The molecule has 3 N–H and O–H groups in total. The van der Waals surface area contributed by atoms with Gasteiger partial charge in [0.15, 0.2) is 5.70 Å². The molecule has 0 aliphatic carbocycles. The highest BCUT2D eigenvalue weighted by atomic mass is 32.2. The van der Waals surface area contributed by atoms with E-state index in [4.69, 9.17) is 4.74 Å². The highest BCUT2D eigenvalue weighted by Crippen LogP contribution is 2.46. The minimum Gasteiger partial charge on any atom is -0.481 e. The number of carboxylic acid groups (broad SMARTS) is 2. The lowest BCUT2D eigenvalue weighted by atomic mass is 10.0. The molecule has 1 saturated heterocycles. The molecule has 1 fully saturated rings. The van der Waals surface area contributed by atoms with Gasteiger partial charge in [-0.25, -0.2) is 9.80 Å². The number of hydrogen-bond acceptors (Lipinski definition) is 7. The van der Waals surface area contributed by atoms with Crippen LogP contribution < -0.4 is 0 Å². The third-order valence-corrected chi connectivity index (χ3v) is 5.02. The zero-order valence-corrected chi connectivity index (χ0v) is 12.5. The maximum Gasteiger partial charge on any atom is 0.355 e. The number of nitrogens with zero attached hydrogens (tertiary/aromatic N) is 2. The van der Waals surface area contributed by atoms with E-state index in [0.29, 0.717) is 18.0 Å². The molecule has 0 amide bonds. The molecule has 0 bridgehead atoms. The predicted octanol–water partition coefficient (Wildman–Crippen LogP) is 0.600. The summed E-state index contributed by atoms with van der Waals surface area (Å²) in [5, 5.41) is 30.4. The number of carboxylic acids is 2. The normalized spacial score (nSPS) is 27.8. The summed E-state index contributed by atoms with van der Waals surface area (Å²) in [4.78, 5) is 34.2. The highest BCUT2D eigenvalue weighted by Gasteiger charge is 2.48. The summed E-state index contributed by atoms with van der Waals surface area (Å²) in [5.41, 5.74) is -0.371. The lowest BCUT2D eigenvalue weighted by molar-refractivity contribution is -0.147. The van der Waals surface area contributed by atoms with Crippen LogP contribution in [0, 0.1) is 10.8 Å². The number of aliphatic carboxylic acids is 2. The molecule has 4 atom stereocenters. The summed E-state index contributed by atoms with van der Waals surface area (Å²) in [6.07, 6.45) is -0.434. The van der Waals surface area contributed by atoms with E-state index < -0.39 is 35.4 Å². The Morgan fingerprint density at radius 1 is 1.45 bits per heavy atom. The Hall–Kier alpha value is -1.65. The summed E-state index contributed by atoms with van der Waals surface area (Å²) in [7, 11) is 0. The summed E-state index contributed by atoms with van der Waals surface area (Å²) < 4.78 is 5.44. The van der Waals surface area contributed by atoms with Crippen molar-refractivity contribution >= 4 is 23.7 Å². The van der Waals surface area contributed by atoms with E-state index in [-0.39, 0.29) is 10.6 Å². The third-order valence-electron chi connectivity index (χ3n) is 3.58. The van der Waals surface area contributed by atoms with Crippen molar-refractivity contribution in [2.24, 2.45) is 11.2 Å². The molecule has 122 valence electrons. The Balaban J connectivity index is 2.39. The van der Waals surface area contributed by atoms with Crippen LogP contribution in [0.3, 0.4) is 0 Å². The average molecular weight is 332 g/mol. The summed E-state index contributed by atoms with van der Waals surface area (Å²) in [6, 6.07) is 0. The van der Waals surface area contributed by atoms with Gasteiger partial charge in [0.25, 0.3) is 0 Å². The van der Waals surface area contributed by atoms with Crippen LogP contribution in [0.1, 0.15) is 19.8 Å². The molecule has 0 aromatic carbocycles. The van der Waals surface area contributed by atoms with Gasteiger partial charge in [0.1, 0.15) is 11.3 Å². The van der Waals surface area contributed by atoms with Gasteiger partial charge < -0.3 is 20.1 Å². The minimum atomic E-state index is -1.38. The van der Waals surface area contributed by atoms with Crippen LogP contribution in [-0.4, -0.2) is 56.5 Å². The quantitative estimate of drug-likeness (QED) is 0.597. The van der Waals surface area contributed by atoms with Crippen LogP contribution in [0.4, 0.5) is 0 Å². The van der Waals surface area contributed by atoms with Crippen LogP contribution in [0.2, 0.25) is 0 Å². The number of ether oxygens (including phenoxy) is 1. The van der Waals surface area contributed by atoms with E-state index in [1.54, 1.807) is 0 Å². The molecule has 9 nitrogen and oxygen atoms in total. The van der Waals surface area contributed by atoms with Crippen molar-refractivity contribution < 1.29 is 29.6 Å². The van der Waals surface area contributed by atoms with Gasteiger partial charge in [-0.2, -0.15) is 0 Å². The lowest BCUT2D eigenvalue weighted by Crippen LogP contribution is -2.42. The molecule has 22 heavy (non-hydrogen) atoms. The van der Waals surface area contributed by atoms with E-state index in [9.17, 15) is 29.8 Å². The summed E-state index contributed by atoms with van der Waals surface area (Å²) in [6.45, 7) is 1.74. The Morgan fingerprint density at radius 3 is 2.55 bits per heavy atom. The number of aliphatic hydroxyl groups excluding tert-OH is 1. The van der Waals surface area contributed by atoms with E-state index in [1.165, 1.54) is 6.92 Å². The van der Waals surface area contributed by atoms with Gasteiger partial charge in [0, 0.05) is 11.5 Å². The second kappa shape index (κ2) is 6.63. The van der Waals surface area contributed by atoms with E-state index in [0.717, 1.165) is 18.2 Å². The summed E-state index contributed by atoms with van der Waals surface area (Å²) in [5.74, 6) is -4.08. The number of rotatable bonds is 6. The SMILES string of the molecule is C[C@@H](O)[C@@H](C(=O)O)[C@H]1SC([C@H]2CCCO2)=C(C(=O)O)N1N=O. The highest BCUT2D eigenvalue weighted by molar-refractivity contribution is 8.04. The van der Waals surface area contributed by atoms with Gasteiger partial charge in [0.05, 0.1) is 17.5 Å². The van der Waals surface area contributed by atoms with Crippen molar-refractivity contribution in [2.75, 3.05) is 6.61 Å². The van der Waals surface area contributed by atoms with Gasteiger partial charge in [-0.3, -0.25) is 4.79 Å².